The molecule has 1 amide bonds. The number of rotatable bonds is 8. The monoisotopic (exact) mass is 426 g/mol. The van der Waals surface area contributed by atoms with Gasteiger partial charge in [-0.15, -0.1) is 0 Å². The Bertz CT molecular complexity index is 1060. The highest BCUT2D eigenvalue weighted by Gasteiger charge is 2.16. The van der Waals surface area contributed by atoms with Crippen LogP contribution < -0.4 is 10.1 Å². The highest BCUT2D eigenvalue weighted by Crippen LogP contribution is 2.24. The molecule has 3 aromatic rings. The SMILES string of the molecule is Cc1cc([N+](=O)[O-])nn1CCNC(=O)c1ccn(COc2ccc(C(C)(C)C)cc2)n1. The van der Waals surface area contributed by atoms with Crippen LogP contribution in [0.4, 0.5) is 5.82 Å². The molecule has 0 fully saturated rings. The molecule has 0 aliphatic rings. The maximum absolute atomic E-state index is 12.3. The third-order valence-corrected chi connectivity index (χ3v) is 4.72. The lowest BCUT2D eigenvalue weighted by Gasteiger charge is -2.19. The van der Waals surface area contributed by atoms with E-state index in [1.165, 1.54) is 21.0 Å². The second kappa shape index (κ2) is 8.99. The molecule has 0 atom stereocenters. The Morgan fingerprint density at radius 2 is 1.90 bits per heavy atom. The molecule has 10 heteroatoms. The second-order valence-electron chi connectivity index (χ2n) is 8.17. The lowest BCUT2D eigenvalue weighted by Crippen LogP contribution is -2.28. The third kappa shape index (κ3) is 5.68. The van der Waals surface area contributed by atoms with E-state index in [0.29, 0.717) is 12.2 Å². The Balaban J connectivity index is 1.48. The van der Waals surface area contributed by atoms with Gasteiger partial charge in [0, 0.05) is 12.7 Å². The van der Waals surface area contributed by atoms with Crippen molar-refractivity contribution in [2.24, 2.45) is 0 Å². The number of aromatic nitrogens is 4. The van der Waals surface area contributed by atoms with E-state index in [0.717, 1.165) is 5.75 Å². The van der Waals surface area contributed by atoms with E-state index in [4.69, 9.17) is 4.74 Å². The minimum atomic E-state index is -0.546. The first-order chi connectivity index (χ1) is 14.6. The number of nitrogens with one attached hydrogen (secondary N) is 1. The fraction of sp³-hybridized carbons (Fsp3) is 0.381. The van der Waals surface area contributed by atoms with Gasteiger partial charge in [-0.25, -0.2) is 4.68 Å². The fourth-order valence-corrected chi connectivity index (χ4v) is 2.92. The number of ether oxygens (including phenoxy) is 1. The summed E-state index contributed by atoms with van der Waals surface area (Å²) < 4.78 is 8.75. The summed E-state index contributed by atoms with van der Waals surface area (Å²) in [5.41, 5.74) is 2.21. The van der Waals surface area contributed by atoms with Crippen molar-refractivity contribution in [1.29, 1.82) is 0 Å². The summed E-state index contributed by atoms with van der Waals surface area (Å²) in [7, 11) is 0. The molecular weight excluding hydrogens is 400 g/mol. The van der Waals surface area contributed by atoms with Gasteiger partial charge >= 0.3 is 5.82 Å². The molecule has 164 valence electrons. The summed E-state index contributed by atoms with van der Waals surface area (Å²) in [6.45, 7) is 8.94. The predicted molar refractivity (Wildman–Crippen MR) is 114 cm³/mol. The van der Waals surface area contributed by atoms with Crippen molar-refractivity contribution in [2.45, 2.75) is 46.4 Å². The van der Waals surface area contributed by atoms with Gasteiger partial charge in [-0.05, 0) is 41.0 Å². The number of hydrogen-bond donors (Lipinski definition) is 1. The van der Waals surface area contributed by atoms with Crippen molar-refractivity contribution in [3.8, 4) is 5.75 Å². The zero-order valence-corrected chi connectivity index (χ0v) is 18.0. The average molecular weight is 426 g/mol. The summed E-state index contributed by atoms with van der Waals surface area (Å²) in [5, 5.41) is 21.6. The molecule has 2 heterocycles. The lowest BCUT2D eigenvalue weighted by atomic mass is 9.87. The van der Waals surface area contributed by atoms with Crippen LogP contribution in [0.15, 0.2) is 42.6 Å². The third-order valence-electron chi connectivity index (χ3n) is 4.72. The van der Waals surface area contributed by atoms with Crippen LogP contribution in [0.5, 0.6) is 5.75 Å². The molecule has 31 heavy (non-hydrogen) atoms. The first-order valence-electron chi connectivity index (χ1n) is 9.87. The zero-order valence-electron chi connectivity index (χ0n) is 18.0. The largest absolute Gasteiger partial charge is 0.471 e. The number of aryl methyl sites for hydroxylation is 1. The van der Waals surface area contributed by atoms with Gasteiger partial charge in [0.2, 0.25) is 0 Å². The van der Waals surface area contributed by atoms with Gasteiger partial charge in [0.05, 0.1) is 23.4 Å². The molecule has 0 spiro atoms. The molecule has 0 unspecified atom stereocenters. The molecule has 0 aliphatic carbocycles. The quantitative estimate of drug-likeness (QED) is 0.437. The highest BCUT2D eigenvalue weighted by molar-refractivity contribution is 5.92. The smallest absolute Gasteiger partial charge is 0.390 e. The maximum Gasteiger partial charge on any atom is 0.390 e. The van der Waals surface area contributed by atoms with Crippen LogP contribution in [0.2, 0.25) is 0 Å². The lowest BCUT2D eigenvalue weighted by molar-refractivity contribution is -0.389. The molecule has 0 aliphatic heterocycles. The Kier molecular flexibility index (Phi) is 6.38. The van der Waals surface area contributed by atoms with Crippen molar-refractivity contribution in [3.63, 3.8) is 0 Å². The maximum atomic E-state index is 12.3. The van der Waals surface area contributed by atoms with Gasteiger partial charge in [0.15, 0.2) is 6.73 Å². The summed E-state index contributed by atoms with van der Waals surface area (Å²) in [6.07, 6.45) is 1.67. The van der Waals surface area contributed by atoms with E-state index in [-0.39, 0.29) is 36.1 Å². The number of nitrogens with zero attached hydrogens (tertiary/aromatic N) is 5. The predicted octanol–water partition coefficient (Wildman–Crippen LogP) is 3.06. The van der Waals surface area contributed by atoms with Crippen molar-refractivity contribution in [1.82, 2.24) is 24.9 Å². The Morgan fingerprint density at radius 3 is 2.52 bits per heavy atom. The topological polar surface area (TPSA) is 117 Å². The molecule has 0 saturated heterocycles. The van der Waals surface area contributed by atoms with Gasteiger partial charge < -0.3 is 20.2 Å². The molecule has 0 radical (unpaired) electrons. The number of carbonyl (C=O) groups excluding carboxylic acids is 1. The van der Waals surface area contributed by atoms with E-state index in [9.17, 15) is 14.9 Å². The van der Waals surface area contributed by atoms with Crippen LogP contribution >= 0.6 is 0 Å². The van der Waals surface area contributed by atoms with Crippen LogP contribution in [-0.2, 0) is 18.7 Å². The van der Waals surface area contributed by atoms with Crippen molar-refractivity contribution in [3.05, 3.63) is 69.7 Å². The van der Waals surface area contributed by atoms with E-state index in [2.05, 4.69) is 36.3 Å². The van der Waals surface area contributed by atoms with Gasteiger partial charge in [-0.3, -0.25) is 4.79 Å². The van der Waals surface area contributed by atoms with E-state index in [1.807, 2.05) is 24.3 Å². The van der Waals surface area contributed by atoms with Gasteiger partial charge in [0.1, 0.15) is 11.4 Å². The van der Waals surface area contributed by atoms with Crippen LogP contribution in [-0.4, -0.2) is 36.9 Å². The molecule has 10 nitrogen and oxygen atoms in total. The molecule has 3 rings (SSSR count). The Labute approximate surface area is 180 Å². The normalized spacial score (nSPS) is 11.4. The number of nitro groups is 1. The molecule has 2 aromatic heterocycles. The average Bonchev–Trinajstić information content (AvgIpc) is 3.33. The molecule has 1 N–H and O–H groups in total. The first kappa shape index (κ1) is 22.0. The van der Waals surface area contributed by atoms with E-state index < -0.39 is 4.92 Å². The summed E-state index contributed by atoms with van der Waals surface area (Å²) >= 11 is 0. The summed E-state index contributed by atoms with van der Waals surface area (Å²) in [4.78, 5) is 22.5. The van der Waals surface area contributed by atoms with E-state index in [1.54, 1.807) is 19.2 Å². The molecule has 0 bridgehead atoms. The molecular formula is C21H26N6O4. The number of hydrogen-bond acceptors (Lipinski definition) is 6. The minimum absolute atomic E-state index is 0.0770. The van der Waals surface area contributed by atoms with Gasteiger partial charge in [-0.2, -0.15) is 9.78 Å². The van der Waals surface area contributed by atoms with Gasteiger partial charge in [-0.1, -0.05) is 32.9 Å². The van der Waals surface area contributed by atoms with Crippen LogP contribution in [0.1, 0.15) is 42.5 Å². The summed E-state index contributed by atoms with van der Waals surface area (Å²) in [5.74, 6) is 0.168. The summed E-state index contributed by atoms with van der Waals surface area (Å²) in [6, 6.07) is 10.9. The van der Waals surface area contributed by atoms with Crippen LogP contribution in [0.3, 0.4) is 0 Å². The van der Waals surface area contributed by atoms with Crippen molar-refractivity contribution >= 4 is 11.7 Å². The Morgan fingerprint density at radius 1 is 1.19 bits per heavy atom. The van der Waals surface area contributed by atoms with Crippen molar-refractivity contribution < 1.29 is 14.5 Å². The van der Waals surface area contributed by atoms with Crippen molar-refractivity contribution in [2.75, 3.05) is 6.54 Å². The zero-order chi connectivity index (χ0) is 22.6. The molecule has 0 saturated carbocycles. The van der Waals surface area contributed by atoms with Gasteiger partial charge in [0.25, 0.3) is 5.91 Å². The van der Waals surface area contributed by atoms with E-state index >= 15 is 0 Å². The number of benzene rings is 1. The minimum Gasteiger partial charge on any atom is -0.471 e. The first-order valence-corrected chi connectivity index (χ1v) is 9.87. The number of carbonyl (C=O) groups is 1. The van der Waals surface area contributed by atoms with Crippen LogP contribution in [0.25, 0.3) is 0 Å². The molecule has 1 aromatic carbocycles. The van der Waals surface area contributed by atoms with Crippen LogP contribution in [0, 0.1) is 17.0 Å². The standard InChI is InChI=1S/C21H26N6O4/c1-15-13-19(27(29)30)24-26(15)12-10-22-20(28)18-9-11-25(23-18)14-31-17-7-5-16(6-8-17)21(2,3)4/h5-9,11,13H,10,12,14H2,1-4H3,(H,22,28). The second-order valence-corrected chi connectivity index (χ2v) is 8.17. The highest BCUT2D eigenvalue weighted by atomic mass is 16.6. The number of amides is 1. The fourth-order valence-electron chi connectivity index (χ4n) is 2.92. The Hall–Kier alpha value is -3.69.